The first-order valence-electron chi connectivity index (χ1n) is 9.62. The molecule has 0 spiro atoms. The van der Waals surface area contributed by atoms with Gasteiger partial charge in [0.2, 0.25) is 0 Å². The maximum absolute atomic E-state index is 12.6. The van der Waals surface area contributed by atoms with E-state index in [1.807, 2.05) is 0 Å². The van der Waals surface area contributed by atoms with Crippen LogP contribution >= 0.6 is 23.2 Å². The van der Waals surface area contributed by atoms with E-state index < -0.39 is 51.4 Å². The van der Waals surface area contributed by atoms with Gasteiger partial charge < -0.3 is 5.32 Å². The quantitative estimate of drug-likeness (QED) is 0.251. The van der Waals surface area contributed by atoms with Gasteiger partial charge in [0, 0.05) is 16.8 Å². The van der Waals surface area contributed by atoms with Gasteiger partial charge in [0.05, 0.1) is 21.7 Å². The van der Waals surface area contributed by atoms with Crippen molar-refractivity contribution in [1.82, 2.24) is 0 Å². The molecule has 0 atom stereocenters. The van der Waals surface area contributed by atoms with Gasteiger partial charge in [0.1, 0.15) is 0 Å². The minimum Gasteiger partial charge on any atom is -0.322 e. The summed E-state index contributed by atoms with van der Waals surface area (Å²) in [6.07, 6.45) is -13.7. The molecule has 0 aliphatic carbocycles. The third-order valence-corrected chi connectivity index (χ3v) is 4.93. The molecule has 37 heavy (non-hydrogen) atoms. The van der Waals surface area contributed by atoms with Gasteiger partial charge >= 0.3 is 18.5 Å². The van der Waals surface area contributed by atoms with Gasteiger partial charge in [-0.25, -0.2) is 0 Å². The Morgan fingerprint density at radius 3 is 1.57 bits per heavy atom. The summed E-state index contributed by atoms with van der Waals surface area (Å²) in [5, 5.41) is 0.666. The molecule has 3 rings (SSSR count). The van der Waals surface area contributed by atoms with Crippen molar-refractivity contribution in [3.8, 4) is 0 Å². The van der Waals surface area contributed by atoms with Crippen molar-refractivity contribution in [2.24, 2.45) is 0 Å². The van der Waals surface area contributed by atoms with Crippen molar-refractivity contribution < 1.29 is 49.1 Å². The Labute approximate surface area is 212 Å². The molecule has 14 heteroatoms. The Hall–Kier alpha value is -3.25. The molecule has 0 aliphatic heterocycles. The first-order valence-corrected chi connectivity index (χ1v) is 10.4. The Balaban J connectivity index is 0.000000312. The molecule has 0 heterocycles. The molecule has 0 saturated carbocycles. The van der Waals surface area contributed by atoms with Crippen LogP contribution in [0.2, 0.25) is 5.02 Å². The van der Waals surface area contributed by atoms with Gasteiger partial charge in [0.25, 0.3) is 11.1 Å². The number of anilines is 1. The average molecular weight is 576 g/mol. The molecule has 3 nitrogen and oxygen atoms in total. The van der Waals surface area contributed by atoms with E-state index in [9.17, 15) is 49.1 Å². The molecule has 198 valence electrons. The van der Waals surface area contributed by atoms with E-state index in [1.165, 1.54) is 6.07 Å². The van der Waals surface area contributed by atoms with Crippen molar-refractivity contribution >= 4 is 40.0 Å². The number of halogens is 11. The summed E-state index contributed by atoms with van der Waals surface area (Å²) < 4.78 is 112. The van der Waals surface area contributed by atoms with E-state index in [0.717, 1.165) is 48.5 Å². The molecule has 0 bridgehead atoms. The number of hydrogen-bond donors (Lipinski definition) is 1. The molecule has 0 saturated heterocycles. The molecule has 1 amide bonds. The summed E-state index contributed by atoms with van der Waals surface area (Å²) in [6.45, 7) is 0. The molecule has 0 unspecified atom stereocenters. The summed E-state index contributed by atoms with van der Waals surface area (Å²) in [4.78, 5) is 22.5. The number of benzene rings is 3. The van der Waals surface area contributed by atoms with E-state index in [1.54, 1.807) is 0 Å². The summed E-state index contributed by atoms with van der Waals surface area (Å²) in [5.41, 5.74) is -3.49. The van der Waals surface area contributed by atoms with Crippen LogP contribution < -0.4 is 5.32 Å². The molecular weight excluding hydrogens is 564 g/mol. The zero-order chi connectivity index (χ0) is 28.2. The van der Waals surface area contributed by atoms with Gasteiger partial charge in [-0.1, -0.05) is 29.8 Å². The molecule has 0 radical (unpaired) electrons. The van der Waals surface area contributed by atoms with Crippen LogP contribution in [0.15, 0.2) is 66.7 Å². The van der Waals surface area contributed by atoms with Crippen LogP contribution in [0.25, 0.3) is 0 Å². The van der Waals surface area contributed by atoms with Gasteiger partial charge in [0.15, 0.2) is 0 Å². The fourth-order valence-electron chi connectivity index (χ4n) is 2.68. The van der Waals surface area contributed by atoms with E-state index in [-0.39, 0.29) is 16.8 Å². The Morgan fingerprint density at radius 2 is 1.14 bits per heavy atom. The van der Waals surface area contributed by atoms with Crippen LogP contribution in [-0.4, -0.2) is 11.1 Å². The monoisotopic (exact) mass is 575 g/mol. The maximum atomic E-state index is 12.6. The average Bonchev–Trinajstić information content (AvgIpc) is 2.77. The van der Waals surface area contributed by atoms with Gasteiger partial charge in [-0.3, -0.25) is 9.59 Å². The topological polar surface area (TPSA) is 46.2 Å². The lowest BCUT2D eigenvalue weighted by molar-refractivity contribution is -0.138. The molecular formula is C23H12Cl2F9NO2. The van der Waals surface area contributed by atoms with Crippen molar-refractivity contribution in [3.63, 3.8) is 0 Å². The third-order valence-electron chi connectivity index (χ3n) is 4.40. The van der Waals surface area contributed by atoms with E-state index in [4.69, 9.17) is 23.2 Å². The van der Waals surface area contributed by atoms with Crippen molar-refractivity contribution in [3.05, 3.63) is 99.6 Å². The SMILES string of the molecule is O=C(Cl)c1cccc(C(F)(F)F)c1.O=C(Nc1ccc(C(F)(F)F)c(Cl)c1)c1cccc(C(F)(F)F)c1. The van der Waals surface area contributed by atoms with Crippen molar-refractivity contribution in [2.45, 2.75) is 18.5 Å². The lowest BCUT2D eigenvalue weighted by Crippen LogP contribution is -2.14. The summed E-state index contributed by atoms with van der Waals surface area (Å²) in [5.74, 6) is -0.906. The van der Waals surface area contributed by atoms with E-state index in [0.29, 0.717) is 12.1 Å². The largest absolute Gasteiger partial charge is 0.417 e. The van der Waals surface area contributed by atoms with E-state index in [2.05, 4.69) is 5.32 Å². The Kier molecular flexibility index (Phi) is 9.26. The number of nitrogens with one attached hydrogen (secondary N) is 1. The number of rotatable bonds is 3. The number of amides is 1. The molecule has 0 fully saturated rings. The van der Waals surface area contributed by atoms with Gasteiger partial charge in [-0.05, 0) is 60.1 Å². The highest BCUT2D eigenvalue weighted by atomic mass is 35.5. The number of carbonyl (C=O) groups excluding carboxylic acids is 2. The molecule has 3 aromatic carbocycles. The maximum Gasteiger partial charge on any atom is 0.417 e. The number of carbonyl (C=O) groups is 2. The second kappa shape index (κ2) is 11.4. The Morgan fingerprint density at radius 1 is 0.649 bits per heavy atom. The van der Waals surface area contributed by atoms with Crippen LogP contribution in [0.1, 0.15) is 37.4 Å². The fraction of sp³-hybridized carbons (Fsp3) is 0.130. The second-order valence-corrected chi connectivity index (χ2v) is 7.83. The molecule has 0 aliphatic rings. The predicted octanol–water partition coefficient (Wildman–Crippen LogP) is 8.71. The second-order valence-electron chi connectivity index (χ2n) is 7.08. The summed E-state index contributed by atoms with van der Waals surface area (Å²) in [7, 11) is 0. The smallest absolute Gasteiger partial charge is 0.322 e. The summed E-state index contributed by atoms with van der Waals surface area (Å²) >= 11 is 10.5. The van der Waals surface area contributed by atoms with Crippen LogP contribution in [0.3, 0.4) is 0 Å². The number of hydrogen-bond acceptors (Lipinski definition) is 2. The van der Waals surface area contributed by atoms with Crippen LogP contribution in [0.5, 0.6) is 0 Å². The first-order chi connectivity index (χ1) is 16.9. The highest BCUT2D eigenvalue weighted by molar-refractivity contribution is 6.67. The highest BCUT2D eigenvalue weighted by Gasteiger charge is 2.34. The minimum absolute atomic E-state index is 0.0737. The Bertz CT molecular complexity index is 1290. The van der Waals surface area contributed by atoms with Gasteiger partial charge in [-0.2, -0.15) is 39.5 Å². The van der Waals surface area contributed by atoms with Crippen molar-refractivity contribution in [2.75, 3.05) is 5.32 Å². The predicted molar refractivity (Wildman–Crippen MR) is 117 cm³/mol. The first kappa shape index (κ1) is 30.0. The normalized spacial score (nSPS) is 11.9. The summed E-state index contributed by atoms with van der Waals surface area (Å²) in [6, 6.07) is 10.1. The van der Waals surface area contributed by atoms with E-state index >= 15 is 0 Å². The lowest BCUT2D eigenvalue weighted by atomic mass is 10.1. The molecule has 1 N–H and O–H groups in total. The van der Waals surface area contributed by atoms with Crippen LogP contribution in [0, 0.1) is 0 Å². The zero-order valence-corrected chi connectivity index (χ0v) is 19.3. The number of alkyl halides is 9. The standard InChI is InChI=1S/C15H8ClF6NO.C8H4ClF3O/c16-12-7-10(4-5-11(12)15(20,21)22)23-13(24)8-2-1-3-9(6-8)14(17,18)19;9-7(13)5-2-1-3-6(4-5)8(10,11)12/h1-7H,(H,23,24);1-4H. The molecule has 0 aromatic heterocycles. The van der Waals surface area contributed by atoms with Crippen molar-refractivity contribution in [1.29, 1.82) is 0 Å². The highest BCUT2D eigenvalue weighted by Crippen LogP contribution is 2.36. The molecule has 3 aromatic rings. The van der Waals surface area contributed by atoms with Gasteiger partial charge in [-0.15, -0.1) is 0 Å². The zero-order valence-electron chi connectivity index (χ0n) is 17.8. The van der Waals surface area contributed by atoms with Crippen LogP contribution in [0.4, 0.5) is 45.2 Å². The van der Waals surface area contributed by atoms with Crippen LogP contribution in [-0.2, 0) is 18.5 Å². The fourth-order valence-corrected chi connectivity index (χ4v) is 3.09. The minimum atomic E-state index is -4.65. The lowest BCUT2D eigenvalue weighted by Gasteiger charge is -2.12. The third kappa shape index (κ3) is 8.67.